The zero-order valence-electron chi connectivity index (χ0n) is 22.5. The largest absolute Gasteiger partial charge is 0.550 e. The van der Waals surface area contributed by atoms with Crippen LogP contribution in [-0.2, 0) is 4.79 Å². The van der Waals surface area contributed by atoms with Crippen LogP contribution in [0.4, 0.5) is 0 Å². The Morgan fingerprint density at radius 2 is 0.794 bits per heavy atom. The maximum atomic E-state index is 10.3. The van der Waals surface area contributed by atoms with Crippen LogP contribution in [0.25, 0.3) is 0 Å². The number of allylic oxidation sites excluding steroid dienone is 8. The van der Waals surface area contributed by atoms with E-state index >= 15 is 0 Å². The van der Waals surface area contributed by atoms with Crippen LogP contribution in [0.1, 0.15) is 148 Å². The van der Waals surface area contributed by atoms with E-state index in [1.54, 1.807) is 0 Å². The van der Waals surface area contributed by atoms with Crippen molar-refractivity contribution in [1.29, 1.82) is 0 Å². The van der Waals surface area contributed by atoms with Crippen molar-refractivity contribution in [3.8, 4) is 0 Å². The predicted molar refractivity (Wildman–Crippen MR) is 149 cm³/mol. The zero-order chi connectivity index (χ0) is 24.8. The number of rotatable bonds is 26. The molecule has 0 saturated carbocycles. The summed E-state index contributed by atoms with van der Waals surface area (Å²) in [4.78, 5) is 10.3. The molecular weight excluding hydrogens is 416 g/mol. The fourth-order valence-corrected chi connectivity index (χ4v) is 4.04. The fourth-order valence-electron chi connectivity index (χ4n) is 4.04. The van der Waals surface area contributed by atoms with Crippen LogP contribution in [0.2, 0.25) is 0 Å². The first-order valence-electron chi connectivity index (χ1n) is 14.6. The number of carboxylic acid groups (broad SMARTS) is 1. The Morgan fingerprint density at radius 3 is 1.18 bits per heavy atom. The summed E-state index contributed by atoms with van der Waals surface area (Å²) < 4.78 is 0. The Balaban J connectivity index is 3.25. The van der Waals surface area contributed by atoms with Gasteiger partial charge >= 0.3 is 0 Å². The van der Waals surface area contributed by atoms with Crippen molar-refractivity contribution >= 4 is 5.97 Å². The molecule has 0 aromatic heterocycles. The lowest BCUT2D eigenvalue weighted by molar-refractivity contribution is -0.305. The van der Waals surface area contributed by atoms with Crippen LogP contribution in [0.15, 0.2) is 48.6 Å². The first-order chi connectivity index (χ1) is 16.8. The topological polar surface area (TPSA) is 40.1 Å². The zero-order valence-corrected chi connectivity index (χ0v) is 22.5. The molecule has 0 N–H and O–H groups in total. The summed E-state index contributed by atoms with van der Waals surface area (Å²) in [5, 5.41) is 10.3. The maximum Gasteiger partial charge on any atom is 0.0414 e. The molecule has 0 aromatic carbocycles. The maximum absolute atomic E-state index is 10.3. The minimum absolute atomic E-state index is 0.226. The highest BCUT2D eigenvalue weighted by atomic mass is 16.4. The van der Waals surface area contributed by atoms with Crippen molar-refractivity contribution in [2.75, 3.05) is 0 Å². The molecule has 0 radical (unpaired) electrons. The van der Waals surface area contributed by atoms with Gasteiger partial charge in [-0.2, -0.15) is 0 Å². The molecule has 2 nitrogen and oxygen atoms in total. The Kier molecular flexibility index (Phi) is 28.1. The van der Waals surface area contributed by atoms with Crippen molar-refractivity contribution in [3.05, 3.63) is 48.6 Å². The Morgan fingerprint density at radius 1 is 0.471 bits per heavy atom. The molecule has 0 aliphatic carbocycles. The van der Waals surface area contributed by atoms with Crippen LogP contribution in [0.5, 0.6) is 0 Å². The fraction of sp³-hybridized carbons (Fsp3) is 0.719. The molecule has 0 bridgehead atoms. The first-order valence-corrected chi connectivity index (χ1v) is 14.6. The third-order valence-corrected chi connectivity index (χ3v) is 6.21. The molecule has 0 aliphatic rings. The lowest BCUT2D eigenvalue weighted by atomic mass is 10.0. The molecule has 0 aromatic rings. The van der Waals surface area contributed by atoms with Gasteiger partial charge in [-0.05, 0) is 57.8 Å². The second-order valence-corrected chi connectivity index (χ2v) is 9.60. The highest BCUT2D eigenvalue weighted by molar-refractivity contribution is 5.64. The third-order valence-electron chi connectivity index (χ3n) is 6.21. The van der Waals surface area contributed by atoms with E-state index in [1.165, 1.54) is 103 Å². The van der Waals surface area contributed by atoms with Crippen molar-refractivity contribution in [2.24, 2.45) is 0 Å². The average molecular weight is 472 g/mol. The Hall–Kier alpha value is -1.57. The summed E-state index contributed by atoms with van der Waals surface area (Å²) in [7, 11) is 0. The SMILES string of the molecule is CCCCC/C=C\C/C=C\C/C=C\C/C=C\CCCCCCCCCCCCCCCC(=O)[O-]. The van der Waals surface area contributed by atoms with Gasteiger partial charge in [-0.3, -0.25) is 0 Å². The predicted octanol–water partition coefficient (Wildman–Crippen LogP) is 9.56. The minimum atomic E-state index is -0.907. The first kappa shape index (κ1) is 32.4. The van der Waals surface area contributed by atoms with Gasteiger partial charge in [0.25, 0.3) is 0 Å². The van der Waals surface area contributed by atoms with Crippen molar-refractivity contribution < 1.29 is 9.90 Å². The van der Waals surface area contributed by atoms with Gasteiger partial charge < -0.3 is 9.90 Å². The summed E-state index contributed by atoms with van der Waals surface area (Å²) in [6.45, 7) is 2.25. The van der Waals surface area contributed by atoms with Crippen molar-refractivity contribution in [3.63, 3.8) is 0 Å². The molecule has 0 amide bonds. The van der Waals surface area contributed by atoms with Gasteiger partial charge in [0.15, 0.2) is 0 Å². The quantitative estimate of drug-likeness (QED) is 0.0930. The van der Waals surface area contributed by atoms with Crippen LogP contribution in [-0.4, -0.2) is 5.97 Å². The van der Waals surface area contributed by atoms with Gasteiger partial charge in [0.05, 0.1) is 0 Å². The molecule has 0 atom stereocenters. The molecule has 0 fully saturated rings. The third kappa shape index (κ3) is 30.4. The van der Waals surface area contributed by atoms with Gasteiger partial charge in [-0.25, -0.2) is 0 Å². The van der Waals surface area contributed by atoms with E-state index in [2.05, 4.69) is 55.5 Å². The average Bonchev–Trinajstić information content (AvgIpc) is 2.83. The number of carbonyl (C=O) groups excluding carboxylic acids is 1. The molecule has 34 heavy (non-hydrogen) atoms. The van der Waals surface area contributed by atoms with Gasteiger partial charge in [-0.15, -0.1) is 0 Å². The molecular formula is C32H55O2-. The highest BCUT2D eigenvalue weighted by Gasteiger charge is 1.94. The summed E-state index contributed by atoms with van der Waals surface area (Å²) in [6, 6.07) is 0. The van der Waals surface area contributed by atoms with Crippen LogP contribution >= 0.6 is 0 Å². The molecule has 0 aliphatic heterocycles. The molecule has 2 heteroatoms. The summed E-state index contributed by atoms with van der Waals surface area (Å²) in [5.74, 6) is -0.907. The molecule has 0 spiro atoms. The normalized spacial score (nSPS) is 12.3. The Bertz CT molecular complexity index is 527. The van der Waals surface area contributed by atoms with Crippen LogP contribution in [0.3, 0.4) is 0 Å². The number of aliphatic carboxylic acids is 1. The second-order valence-electron chi connectivity index (χ2n) is 9.60. The molecule has 196 valence electrons. The molecule has 0 heterocycles. The van der Waals surface area contributed by atoms with Gasteiger partial charge in [-0.1, -0.05) is 139 Å². The Labute approximate surface area is 212 Å². The second kappa shape index (κ2) is 29.5. The van der Waals surface area contributed by atoms with Crippen molar-refractivity contribution in [1.82, 2.24) is 0 Å². The number of unbranched alkanes of at least 4 members (excludes halogenated alkanes) is 16. The monoisotopic (exact) mass is 471 g/mol. The van der Waals surface area contributed by atoms with E-state index in [9.17, 15) is 9.90 Å². The van der Waals surface area contributed by atoms with E-state index in [-0.39, 0.29) is 6.42 Å². The minimum Gasteiger partial charge on any atom is -0.550 e. The van der Waals surface area contributed by atoms with Crippen molar-refractivity contribution in [2.45, 2.75) is 148 Å². The van der Waals surface area contributed by atoms with E-state index in [0.717, 1.165) is 32.1 Å². The standard InChI is InChI=1S/C32H56O2/c1-2-3-4-5-6-7-8-9-10-11-12-13-14-15-16-17-18-19-20-21-22-23-24-25-26-27-28-29-30-31-32(33)34/h6-7,9-10,12-13,15-16H,2-5,8,11,14,17-31H2,1H3,(H,33,34)/p-1/b7-6-,10-9-,13-12-,16-15-. The highest BCUT2D eigenvalue weighted by Crippen LogP contribution is 2.13. The number of hydrogen-bond donors (Lipinski definition) is 0. The van der Waals surface area contributed by atoms with Gasteiger partial charge in [0.2, 0.25) is 0 Å². The van der Waals surface area contributed by atoms with Crippen LogP contribution < -0.4 is 5.11 Å². The summed E-state index contributed by atoms with van der Waals surface area (Å²) in [6.07, 6.45) is 44.7. The van der Waals surface area contributed by atoms with Gasteiger partial charge in [0.1, 0.15) is 0 Å². The molecule has 0 unspecified atom stereocenters. The lowest BCUT2D eigenvalue weighted by Gasteiger charge is -2.03. The molecule has 0 saturated heterocycles. The number of carboxylic acids is 1. The van der Waals surface area contributed by atoms with E-state index < -0.39 is 5.97 Å². The summed E-state index contributed by atoms with van der Waals surface area (Å²) in [5.41, 5.74) is 0. The lowest BCUT2D eigenvalue weighted by Crippen LogP contribution is -2.21. The van der Waals surface area contributed by atoms with E-state index in [1.807, 2.05) is 0 Å². The number of carbonyl (C=O) groups is 1. The summed E-state index contributed by atoms with van der Waals surface area (Å²) >= 11 is 0. The number of hydrogen-bond acceptors (Lipinski definition) is 2. The molecule has 0 rings (SSSR count). The van der Waals surface area contributed by atoms with E-state index in [4.69, 9.17) is 0 Å². The van der Waals surface area contributed by atoms with Crippen LogP contribution in [0, 0.1) is 0 Å². The van der Waals surface area contributed by atoms with Gasteiger partial charge in [0, 0.05) is 5.97 Å². The van der Waals surface area contributed by atoms with E-state index in [0.29, 0.717) is 0 Å². The smallest absolute Gasteiger partial charge is 0.0414 e.